The van der Waals surface area contributed by atoms with Crippen molar-refractivity contribution in [2.45, 2.75) is 0 Å². The number of aromatic nitrogens is 6. The van der Waals surface area contributed by atoms with E-state index < -0.39 is 0 Å². The third-order valence-electron chi connectivity index (χ3n) is 1.84. The molecule has 7 heteroatoms. The Morgan fingerprint density at radius 1 is 1.43 bits per heavy atom. The van der Waals surface area contributed by atoms with E-state index in [1.165, 1.54) is 11.3 Å². The number of hydrogen-bond acceptors (Lipinski definition) is 5. The molecule has 0 aliphatic rings. The molecule has 0 fully saturated rings. The second kappa shape index (κ2) is 2.61. The van der Waals surface area contributed by atoms with E-state index in [1.807, 2.05) is 13.2 Å². The van der Waals surface area contributed by atoms with Gasteiger partial charge in [-0.25, -0.2) is 0 Å². The minimum atomic E-state index is 0.795. The van der Waals surface area contributed by atoms with Crippen LogP contribution in [-0.2, 0) is 7.05 Å². The Hall–Kier alpha value is -1.76. The summed E-state index contributed by atoms with van der Waals surface area (Å²) >= 11 is 1.50. The summed E-state index contributed by atoms with van der Waals surface area (Å²) in [6, 6.07) is 0. The minimum absolute atomic E-state index is 0.795. The lowest BCUT2D eigenvalue weighted by molar-refractivity contribution is 0.768. The monoisotopic (exact) mass is 206 g/mol. The zero-order valence-electron chi connectivity index (χ0n) is 7.32. The van der Waals surface area contributed by atoms with Crippen molar-refractivity contribution in [3.8, 4) is 10.6 Å². The standard InChI is InChI=1S/C7H6N6S/c1-12-3-5(2-9-12)6-11-13-4-8-10-7(13)14-6/h2-4H,1H3. The Balaban J connectivity index is 2.18. The highest BCUT2D eigenvalue weighted by molar-refractivity contribution is 7.19. The molecule has 0 atom stereocenters. The summed E-state index contributed by atoms with van der Waals surface area (Å²) < 4.78 is 3.41. The van der Waals surface area contributed by atoms with Gasteiger partial charge in [-0.1, -0.05) is 11.3 Å². The number of fused-ring (bicyclic) bond motifs is 1. The predicted molar refractivity (Wildman–Crippen MR) is 50.9 cm³/mol. The van der Waals surface area contributed by atoms with Crippen molar-refractivity contribution in [1.29, 1.82) is 0 Å². The van der Waals surface area contributed by atoms with E-state index in [4.69, 9.17) is 0 Å². The van der Waals surface area contributed by atoms with E-state index in [0.717, 1.165) is 15.5 Å². The molecule has 0 radical (unpaired) electrons. The van der Waals surface area contributed by atoms with Crippen LogP contribution in [0.15, 0.2) is 18.7 Å². The van der Waals surface area contributed by atoms with E-state index >= 15 is 0 Å². The Kier molecular flexibility index (Phi) is 1.42. The fourth-order valence-electron chi connectivity index (χ4n) is 1.21. The van der Waals surface area contributed by atoms with Crippen LogP contribution in [0.5, 0.6) is 0 Å². The van der Waals surface area contributed by atoms with Crippen molar-refractivity contribution in [2.75, 3.05) is 0 Å². The Bertz CT molecular complexity index is 547. The molecular weight excluding hydrogens is 200 g/mol. The van der Waals surface area contributed by atoms with Gasteiger partial charge in [-0.3, -0.25) is 4.68 Å². The first-order chi connectivity index (χ1) is 6.83. The number of nitrogens with zero attached hydrogens (tertiary/aromatic N) is 6. The summed E-state index contributed by atoms with van der Waals surface area (Å²) in [7, 11) is 1.88. The van der Waals surface area contributed by atoms with E-state index in [-0.39, 0.29) is 0 Å². The molecular formula is C7H6N6S. The van der Waals surface area contributed by atoms with Crippen LogP contribution >= 0.6 is 11.3 Å². The van der Waals surface area contributed by atoms with Crippen molar-refractivity contribution in [1.82, 2.24) is 29.6 Å². The van der Waals surface area contributed by atoms with Crippen LogP contribution in [0.25, 0.3) is 15.5 Å². The lowest BCUT2D eigenvalue weighted by Gasteiger charge is -1.84. The van der Waals surface area contributed by atoms with Crippen molar-refractivity contribution in [3.63, 3.8) is 0 Å². The zero-order valence-corrected chi connectivity index (χ0v) is 8.14. The highest BCUT2D eigenvalue weighted by Crippen LogP contribution is 2.23. The van der Waals surface area contributed by atoms with Gasteiger partial charge in [-0.05, 0) is 0 Å². The summed E-state index contributed by atoms with van der Waals surface area (Å²) in [5.74, 6) is 0. The van der Waals surface area contributed by atoms with Gasteiger partial charge in [0.05, 0.1) is 11.8 Å². The first-order valence-electron chi connectivity index (χ1n) is 3.99. The van der Waals surface area contributed by atoms with Crippen LogP contribution in [0.2, 0.25) is 0 Å². The fraction of sp³-hybridized carbons (Fsp3) is 0.143. The molecule has 0 saturated carbocycles. The molecule has 3 rings (SSSR count). The number of hydrogen-bond donors (Lipinski definition) is 0. The quantitative estimate of drug-likeness (QED) is 0.584. The fourth-order valence-corrected chi connectivity index (χ4v) is 2.00. The second-order valence-electron chi connectivity index (χ2n) is 2.87. The van der Waals surface area contributed by atoms with Crippen molar-refractivity contribution >= 4 is 16.3 Å². The first-order valence-corrected chi connectivity index (χ1v) is 4.80. The van der Waals surface area contributed by atoms with Gasteiger partial charge >= 0.3 is 0 Å². The molecule has 0 aromatic carbocycles. The Labute approximate surface area is 82.8 Å². The molecule has 0 saturated heterocycles. The Morgan fingerprint density at radius 2 is 2.36 bits per heavy atom. The highest BCUT2D eigenvalue weighted by atomic mass is 32.1. The lowest BCUT2D eigenvalue weighted by atomic mass is 10.4. The maximum Gasteiger partial charge on any atom is 0.234 e. The number of aryl methyl sites for hydroxylation is 1. The summed E-state index contributed by atoms with van der Waals surface area (Å²) in [4.78, 5) is 0.795. The molecule has 3 heterocycles. The maximum absolute atomic E-state index is 4.31. The van der Waals surface area contributed by atoms with E-state index in [0.29, 0.717) is 0 Å². The highest BCUT2D eigenvalue weighted by Gasteiger charge is 2.08. The Morgan fingerprint density at radius 3 is 3.07 bits per heavy atom. The van der Waals surface area contributed by atoms with Crippen LogP contribution in [-0.4, -0.2) is 29.6 Å². The summed E-state index contributed by atoms with van der Waals surface area (Å²) in [5, 5.41) is 17.0. The normalized spacial score (nSPS) is 11.2. The van der Waals surface area contributed by atoms with Gasteiger partial charge in [0.1, 0.15) is 6.33 Å². The lowest BCUT2D eigenvalue weighted by Crippen LogP contribution is -1.84. The van der Waals surface area contributed by atoms with Crippen molar-refractivity contribution in [3.05, 3.63) is 18.7 Å². The summed E-state index contributed by atoms with van der Waals surface area (Å²) in [6.07, 6.45) is 5.29. The second-order valence-corrected chi connectivity index (χ2v) is 3.82. The molecule has 0 N–H and O–H groups in total. The van der Waals surface area contributed by atoms with E-state index in [1.54, 1.807) is 21.7 Å². The van der Waals surface area contributed by atoms with Crippen LogP contribution in [0.4, 0.5) is 0 Å². The molecule has 3 aromatic rings. The first kappa shape index (κ1) is 7.63. The smallest absolute Gasteiger partial charge is 0.234 e. The summed E-state index contributed by atoms with van der Waals surface area (Å²) in [6.45, 7) is 0. The largest absolute Gasteiger partial charge is 0.275 e. The molecule has 0 aliphatic heterocycles. The van der Waals surface area contributed by atoms with Crippen molar-refractivity contribution < 1.29 is 0 Å². The van der Waals surface area contributed by atoms with Crippen LogP contribution in [0.1, 0.15) is 0 Å². The average molecular weight is 206 g/mol. The van der Waals surface area contributed by atoms with Gasteiger partial charge < -0.3 is 0 Å². The molecule has 3 aromatic heterocycles. The van der Waals surface area contributed by atoms with E-state index in [2.05, 4.69) is 20.4 Å². The zero-order chi connectivity index (χ0) is 9.54. The van der Waals surface area contributed by atoms with E-state index in [9.17, 15) is 0 Å². The third-order valence-corrected chi connectivity index (χ3v) is 2.80. The van der Waals surface area contributed by atoms with Gasteiger partial charge in [0.25, 0.3) is 0 Å². The molecule has 14 heavy (non-hydrogen) atoms. The maximum atomic E-state index is 4.31. The van der Waals surface area contributed by atoms with Crippen LogP contribution in [0, 0.1) is 0 Å². The summed E-state index contributed by atoms with van der Waals surface area (Å²) in [5.41, 5.74) is 1.00. The molecule has 0 amide bonds. The molecule has 0 spiro atoms. The molecule has 70 valence electrons. The van der Waals surface area contributed by atoms with Gasteiger partial charge in [-0.15, -0.1) is 10.2 Å². The molecule has 0 unspecified atom stereocenters. The molecule has 0 aliphatic carbocycles. The number of rotatable bonds is 1. The molecule has 6 nitrogen and oxygen atoms in total. The van der Waals surface area contributed by atoms with Gasteiger partial charge in [0.15, 0.2) is 5.01 Å². The van der Waals surface area contributed by atoms with Crippen LogP contribution < -0.4 is 0 Å². The average Bonchev–Trinajstić information content (AvgIpc) is 2.75. The third kappa shape index (κ3) is 1.02. The van der Waals surface area contributed by atoms with Gasteiger partial charge in [0, 0.05) is 13.2 Å². The SMILES string of the molecule is Cn1cc(-c2nn3cnnc3s2)cn1. The topological polar surface area (TPSA) is 60.9 Å². The predicted octanol–water partition coefficient (Wildman–Crippen LogP) is 0.586. The van der Waals surface area contributed by atoms with Gasteiger partial charge in [-0.2, -0.15) is 14.7 Å². The van der Waals surface area contributed by atoms with Crippen LogP contribution in [0.3, 0.4) is 0 Å². The van der Waals surface area contributed by atoms with Gasteiger partial charge in [0.2, 0.25) is 4.96 Å². The minimum Gasteiger partial charge on any atom is -0.275 e. The molecule has 0 bridgehead atoms. The van der Waals surface area contributed by atoms with Crippen molar-refractivity contribution in [2.24, 2.45) is 7.05 Å².